The molecule has 0 N–H and O–H groups in total. The number of carbonyl (C=O) groups is 2. The fourth-order valence-electron chi connectivity index (χ4n) is 4.46. The fourth-order valence-corrected chi connectivity index (χ4v) is 4.72. The highest BCUT2D eigenvalue weighted by Crippen LogP contribution is 2.34. The highest BCUT2D eigenvalue weighted by molar-refractivity contribution is 6.33. The van der Waals surface area contributed by atoms with Gasteiger partial charge in [-0.05, 0) is 54.4 Å². The number of hydrogen-bond acceptors (Lipinski definition) is 4. The lowest BCUT2D eigenvalue weighted by Gasteiger charge is -2.36. The minimum absolute atomic E-state index is 0.0219. The molecule has 5 rings (SSSR count). The van der Waals surface area contributed by atoms with Gasteiger partial charge < -0.3 is 19.4 Å². The molecule has 2 amide bonds. The second kappa shape index (κ2) is 9.39. The third-order valence-electron chi connectivity index (χ3n) is 6.36. The maximum Gasteiger partial charge on any atom is 0.265 e. The van der Waals surface area contributed by atoms with Crippen molar-refractivity contribution in [3.8, 4) is 5.75 Å². The number of ether oxygens (including phenoxy) is 1. The summed E-state index contributed by atoms with van der Waals surface area (Å²) in [5, 5.41) is 0.731. The van der Waals surface area contributed by atoms with Crippen molar-refractivity contribution < 1.29 is 14.3 Å². The van der Waals surface area contributed by atoms with Crippen LogP contribution in [0.2, 0.25) is 5.02 Å². The molecule has 0 unspecified atom stereocenters. The zero-order valence-electron chi connectivity index (χ0n) is 19.0. The first-order valence-electron chi connectivity index (χ1n) is 11.4. The van der Waals surface area contributed by atoms with Gasteiger partial charge in [-0.3, -0.25) is 9.59 Å². The molecule has 0 saturated carbocycles. The van der Waals surface area contributed by atoms with Crippen LogP contribution in [0.4, 0.5) is 11.4 Å². The molecule has 1 fully saturated rings. The molecular formula is C27H26ClN3O3. The molecule has 7 heteroatoms. The minimum atomic E-state index is -0.0760. The third kappa shape index (κ3) is 4.46. The maximum absolute atomic E-state index is 13.1. The molecule has 0 aromatic heterocycles. The minimum Gasteiger partial charge on any atom is -0.482 e. The number of aryl methyl sites for hydroxylation is 1. The Morgan fingerprint density at radius 3 is 2.41 bits per heavy atom. The normalized spacial score (nSPS) is 15.7. The summed E-state index contributed by atoms with van der Waals surface area (Å²) in [4.78, 5) is 31.4. The lowest BCUT2D eigenvalue weighted by atomic mass is 10.1. The number of rotatable bonds is 4. The van der Waals surface area contributed by atoms with Crippen molar-refractivity contribution in [3.63, 3.8) is 0 Å². The van der Waals surface area contributed by atoms with Crippen LogP contribution in [0.3, 0.4) is 0 Å². The summed E-state index contributed by atoms with van der Waals surface area (Å²) in [5.74, 6) is 0.670. The van der Waals surface area contributed by atoms with Crippen molar-refractivity contribution >= 4 is 34.8 Å². The summed E-state index contributed by atoms with van der Waals surface area (Å²) in [6, 6.07) is 21.2. The molecule has 3 aromatic carbocycles. The van der Waals surface area contributed by atoms with E-state index in [2.05, 4.69) is 4.90 Å². The van der Waals surface area contributed by atoms with Crippen LogP contribution in [0.1, 0.15) is 21.5 Å². The van der Waals surface area contributed by atoms with Gasteiger partial charge in [0.25, 0.3) is 11.8 Å². The summed E-state index contributed by atoms with van der Waals surface area (Å²) in [7, 11) is 0. The SMILES string of the molecule is Cc1ccc2c(c1)OCC(=O)N2Cc1ccc(C(=O)N2CCN(c3ccccc3Cl)CC2)cc1. The number of para-hydroxylation sites is 1. The smallest absolute Gasteiger partial charge is 0.265 e. The average molecular weight is 476 g/mol. The van der Waals surface area contributed by atoms with Crippen molar-refractivity contribution in [2.24, 2.45) is 0 Å². The van der Waals surface area contributed by atoms with Crippen molar-refractivity contribution in [3.05, 3.63) is 88.4 Å². The van der Waals surface area contributed by atoms with Gasteiger partial charge >= 0.3 is 0 Å². The molecule has 2 aliphatic rings. The molecule has 0 aliphatic carbocycles. The molecule has 0 bridgehead atoms. The molecule has 6 nitrogen and oxygen atoms in total. The molecule has 2 heterocycles. The van der Waals surface area contributed by atoms with E-state index < -0.39 is 0 Å². The van der Waals surface area contributed by atoms with Crippen molar-refractivity contribution in [2.45, 2.75) is 13.5 Å². The Bertz CT molecular complexity index is 1220. The van der Waals surface area contributed by atoms with Gasteiger partial charge in [-0.2, -0.15) is 0 Å². The largest absolute Gasteiger partial charge is 0.482 e. The Kier molecular flexibility index (Phi) is 6.16. The van der Waals surface area contributed by atoms with E-state index in [9.17, 15) is 9.59 Å². The van der Waals surface area contributed by atoms with E-state index in [1.165, 1.54) is 0 Å². The van der Waals surface area contributed by atoms with Crippen LogP contribution in [0.25, 0.3) is 0 Å². The lowest BCUT2D eigenvalue weighted by Crippen LogP contribution is -2.48. The molecule has 2 aliphatic heterocycles. The van der Waals surface area contributed by atoms with E-state index in [0.717, 1.165) is 46.4 Å². The number of fused-ring (bicyclic) bond motifs is 1. The number of amides is 2. The summed E-state index contributed by atoms with van der Waals surface area (Å²) in [6.45, 7) is 5.24. The number of anilines is 2. The third-order valence-corrected chi connectivity index (χ3v) is 6.68. The molecular weight excluding hydrogens is 450 g/mol. The predicted octanol–water partition coefficient (Wildman–Crippen LogP) is 4.54. The first-order valence-corrected chi connectivity index (χ1v) is 11.8. The van der Waals surface area contributed by atoms with Crippen LogP contribution in [-0.2, 0) is 11.3 Å². The van der Waals surface area contributed by atoms with Crippen LogP contribution in [-0.4, -0.2) is 49.5 Å². The van der Waals surface area contributed by atoms with E-state index in [1.54, 1.807) is 4.90 Å². The first-order chi connectivity index (χ1) is 16.5. The molecule has 1 saturated heterocycles. The number of hydrogen-bond donors (Lipinski definition) is 0. The number of halogens is 1. The van der Waals surface area contributed by atoms with Gasteiger partial charge in [-0.1, -0.05) is 41.9 Å². The van der Waals surface area contributed by atoms with E-state index >= 15 is 0 Å². The van der Waals surface area contributed by atoms with Crippen LogP contribution in [0.5, 0.6) is 5.75 Å². The molecule has 0 radical (unpaired) electrons. The number of piperazine rings is 1. The van der Waals surface area contributed by atoms with Crippen LogP contribution >= 0.6 is 11.6 Å². The van der Waals surface area contributed by atoms with Gasteiger partial charge in [0.15, 0.2) is 6.61 Å². The van der Waals surface area contributed by atoms with Gasteiger partial charge in [0.2, 0.25) is 0 Å². The van der Waals surface area contributed by atoms with E-state index in [4.69, 9.17) is 16.3 Å². The molecule has 0 spiro atoms. The zero-order valence-corrected chi connectivity index (χ0v) is 19.8. The second-order valence-corrected chi connectivity index (χ2v) is 9.07. The van der Waals surface area contributed by atoms with E-state index in [-0.39, 0.29) is 18.4 Å². The summed E-state index contributed by atoms with van der Waals surface area (Å²) in [5.41, 5.74) is 4.48. The topological polar surface area (TPSA) is 53.1 Å². The van der Waals surface area contributed by atoms with E-state index in [1.807, 2.05) is 78.6 Å². The van der Waals surface area contributed by atoms with Crippen LogP contribution in [0, 0.1) is 6.92 Å². The Labute approximate surface area is 204 Å². The van der Waals surface area contributed by atoms with Crippen LogP contribution < -0.4 is 14.5 Å². The predicted molar refractivity (Wildman–Crippen MR) is 134 cm³/mol. The highest BCUT2D eigenvalue weighted by atomic mass is 35.5. The Balaban J connectivity index is 1.23. The highest BCUT2D eigenvalue weighted by Gasteiger charge is 2.26. The number of benzene rings is 3. The van der Waals surface area contributed by atoms with Gasteiger partial charge in [-0.25, -0.2) is 0 Å². The Morgan fingerprint density at radius 2 is 1.68 bits per heavy atom. The van der Waals surface area contributed by atoms with Gasteiger partial charge in [-0.15, -0.1) is 0 Å². The summed E-state index contributed by atoms with van der Waals surface area (Å²) < 4.78 is 5.59. The first kappa shape index (κ1) is 22.3. The summed E-state index contributed by atoms with van der Waals surface area (Å²) in [6.07, 6.45) is 0. The fraction of sp³-hybridized carbons (Fsp3) is 0.259. The zero-order chi connectivity index (χ0) is 23.7. The lowest BCUT2D eigenvalue weighted by molar-refractivity contribution is -0.121. The van der Waals surface area contributed by atoms with Gasteiger partial charge in [0.05, 0.1) is 22.9 Å². The maximum atomic E-state index is 13.1. The Hall–Kier alpha value is -3.51. The van der Waals surface area contributed by atoms with Gasteiger partial charge in [0, 0.05) is 31.7 Å². The van der Waals surface area contributed by atoms with Crippen molar-refractivity contribution in [1.82, 2.24) is 4.90 Å². The monoisotopic (exact) mass is 475 g/mol. The molecule has 3 aromatic rings. The van der Waals surface area contributed by atoms with Crippen LogP contribution in [0.15, 0.2) is 66.7 Å². The second-order valence-electron chi connectivity index (χ2n) is 8.67. The molecule has 174 valence electrons. The van der Waals surface area contributed by atoms with Gasteiger partial charge in [0.1, 0.15) is 5.75 Å². The standard InChI is InChI=1S/C27H26ClN3O3/c1-19-6-11-24-25(16-19)34-18-26(32)31(24)17-20-7-9-21(10-8-20)27(33)30-14-12-29(13-15-30)23-5-3-2-4-22(23)28/h2-11,16H,12-15,17-18H2,1H3. The van der Waals surface area contributed by atoms with Crippen molar-refractivity contribution in [2.75, 3.05) is 42.6 Å². The quantitative estimate of drug-likeness (QED) is 0.556. The van der Waals surface area contributed by atoms with Crippen molar-refractivity contribution in [1.29, 1.82) is 0 Å². The Morgan fingerprint density at radius 1 is 0.941 bits per heavy atom. The summed E-state index contributed by atoms with van der Waals surface area (Å²) >= 11 is 6.33. The number of carbonyl (C=O) groups excluding carboxylic acids is 2. The average Bonchev–Trinajstić information content (AvgIpc) is 2.86. The molecule has 0 atom stereocenters. The molecule has 34 heavy (non-hydrogen) atoms. The van der Waals surface area contributed by atoms with E-state index in [0.29, 0.717) is 25.2 Å². The number of nitrogens with zero attached hydrogens (tertiary/aromatic N) is 3.